The van der Waals surface area contributed by atoms with E-state index in [0.717, 1.165) is 0 Å². The summed E-state index contributed by atoms with van der Waals surface area (Å²) in [5.74, 6) is -2.10. The summed E-state index contributed by atoms with van der Waals surface area (Å²) in [5.41, 5.74) is -3.82. The third-order valence-corrected chi connectivity index (χ3v) is 6.60. The topological polar surface area (TPSA) is 47.0 Å². The second kappa shape index (κ2) is 4.87. The number of nitrogens with zero attached hydrogens (tertiary/aromatic N) is 3. The fraction of sp³-hybridized carbons (Fsp3) is 0.875. The zero-order valence-electron chi connectivity index (χ0n) is 10.4. The van der Waals surface area contributed by atoms with E-state index in [9.17, 15) is 13.6 Å². The minimum absolute atomic E-state index is 1.29. The highest BCUT2D eigenvalue weighted by Crippen LogP contribution is 2.74. The van der Waals surface area contributed by atoms with Crippen molar-refractivity contribution in [1.29, 1.82) is 0 Å². The summed E-state index contributed by atoms with van der Waals surface area (Å²) in [4.78, 5) is 10.8. The van der Waals surface area contributed by atoms with E-state index in [0.29, 0.717) is 0 Å². The lowest BCUT2D eigenvalue weighted by Crippen LogP contribution is -2.49. The van der Waals surface area contributed by atoms with Gasteiger partial charge in [-0.3, -0.25) is 0 Å². The quantitative estimate of drug-likeness (QED) is 0.748. The van der Waals surface area contributed by atoms with Crippen LogP contribution in [-0.2, 0) is 4.79 Å². The number of rotatable bonds is 5. The van der Waals surface area contributed by atoms with Gasteiger partial charge in [-0.1, -0.05) is 0 Å². The van der Waals surface area contributed by atoms with Gasteiger partial charge in [-0.25, -0.2) is 4.79 Å². The highest BCUT2D eigenvalue weighted by molar-refractivity contribution is 7.71. The molecule has 0 radical (unpaired) electrons. The summed E-state index contributed by atoms with van der Waals surface area (Å²) in [7, 11) is 5.37. The Morgan fingerprint density at radius 3 is 1.31 bits per heavy atom. The summed E-state index contributed by atoms with van der Waals surface area (Å²) in [6, 6.07) is 0. The van der Waals surface area contributed by atoms with Crippen LogP contribution in [0.1, 0.15) is 0 Å². The van der Waals surface area contributed by atoms with Crippen molar-refractivity contribution in [3.8, 4) is 0 Å². The number of halogens is 2. The summed E-state index contributed by atoms with van der Waals surface area (Å²) in [6.45, 7) is 0. The molecule has 0 aromatic rings. The van der Waals surface area contributed by atoms with Crippen LogP contribution in [-0.4, -0.2) is 73.0 Å². The van der Waals surface area contributed by atoms with Crippen molar-refractivity contribution in [2.75, 3.05) is 42.3 Å². The molecule has 0 bridgehead atoms. The van der Waals surface area contributed by atoms with Crippen molar-refractivity contribution in [1.82, 2.24) is 14.0 Å². The van der Waals surface area contributed by atoms with Crippen molar-refractivity contribution < 1.29 is 18.7 Å². The Morgan fingerprint density at radius 1 is 1.00 bits per heavy atom. The van der Waals surface area contributed by atoms with Gasteiger partial charge in [-0.15, -0.1) is 14.0 Å². The van der Waals surface area contributed by atoms with Gasteiger partial charge < -0.3 is 5.11 Å². The molecule has 0 rings (SSSR count). The third kappa shape index (κ3) is 2.05. The molecule has 0 fully saturated rings. The average molecular weight is 258 g/mol. The Bertz CT molecular complexity index is 250. The van der Waals surface area contributed by atoms with E-state index in [1.54, 1.807) is 0 Å². The first kappa shape index (κ1) is 15.6. The van der Waals surface area contributed by atoms with Gasteiger partial charge in [-0.05, 0) is 0 Å². The van der Waals surface area contributed by atoms with Crippen LogP contribution in [0.4, 0.5) is 8.78 Å². The Kier molecular flexibility index (Phi) is 4.76. The van der Waals surface area contributed by atoms with Crippen LogP contribution in [0.15, 0.2) is 0 Å². The Labute approximate surface area is 95.1 Å². The molecule has 8 heteroatoms. The van der Waals surface area contributed by atoms with Gasteiger partial charge in [0.05, 0.1) is 0 Å². The van der Waals surface area contributed by atoms with Crippen LogP contribution >= 0.6 is 7.71 Å². The summed E-state index contributed by atoms with van der Waals surface area (Å²) in [6.07, 6.45) is 0. The first-order valence-corrected chi connectivity index (χ1v) is 6.21. The molecule has 0 heterocycles. The van der Waals surface area contributed by atoms with Crippen LogP contribution in [0.2, 0.25) is 0 Å². The third-order valence-electron chi connectivity index (χ3n) is 2.31. The van der Waals surface area contributed by atoms with E-state index in [1.807, 2.05) is 0 Å². The molecule has 0 amide bonds. The van der Waals surface area contributed by atoms with Gasteiger partial charge in [0.2, 0.25) is 0 Å². The van der Waals surface area contributed by atoms with E-state index in [1.165, 1.54) is 56.3 Å². The van der Waals surface area contributed by atoms with Gasteiger partial charge in [0.25, 0.3) is 0 Å². The van der Waals surface area contributed by atoms with Crippen LogP contribution in [0, 0.1) is 0 Å². The zero-order chi connectivity index (χ0) is 13.3. The molecule has 0 aromatic heterocycles. The van der Waals surface area contributed by atoms with Crippen LogP contribution in [0.3, 0.4) is 0 Å². The normalized spacial score (nSPS) is 13.9. The van der Waals surface area contributed by atoms with Crippen LogP contribution in [0.25, 0.3) is 0 Å². The Hall–Kier alpha value is -0.360. The van der Waals surface area contributed by atoms with Crippen molar-refractivity contribution in [2.45, 2.75) is 5.66 Å². The van der Waals surface area contributed by atoms with E-state index in [-0.39, 0.29) is 0 Å². The van der Waals surface area contributed by atoms with Crippen molar-refractivity contribution in [2.24, 2.45) is 0 Å². The smallest absolute Gasteiger partial charge is 0.474 e. The molecule has 0 aromatic carbocycles. The second-order valence-corrected chi connectivity index (χ2v) is 8.05. The minimum Gasteiger partial charge on any atom is -0.474 e. The predicted molar refractivity (Wildman–Crippen MR) is 60.6 cm³/mol. The number of hydrogen-bond acceptors (Lipinski definition) is 4. The molecule has 0 aliphatic carbocycles. The molecule has 96 valence electrons. The van der Waals surface area contributed by atoms with Gasteiger partial charge in [0.1, 0.15) is 0 Å². The van der Waals surface area contributed by atoms with Crippen LogP contribution < -0.4 is 0 Å². The maximum atomic E-state index is 13.9. The molecular formula is C8H19F2N3O2P+. The predicted octanol–water partition coefficient (Wildman–Crippen LogP) is 1.11. The molecule has 0 saturated heterocycles. The first-order valence-electron chi connectivity index (χ1n) is 4.56. The van der Waals surface area contributed by atoms with E-state index < -0.39 is 19.3 Å². The standard InChI is InChI=1S/C8H18F2N3O2P/c1-11(2)16(12(3)4,13(5)6)8(9,10)7(14)15/h1-6H3/p+1. The molecule has 0 atom stereocenters. The second-order valence-electron chi connectivity index (χ2n) is 3.96. The van der Waals surface area contributed by atoms with Gasteiger partial charge >= 0.3 is 19.3 Å². The fourth-order valence-corrected chi connectivity index (χ4v) is 5.87. The Balaban J connectivity index is 5.81. The minimum atomic E-state index is -3.82. The van der Waals surface area contributed by atoms with Crippen molar-refractivity contribution in [3.05, 3.63) is 0 Å². The van der Waals surface area contributed by atoms with E-state index in [4.69, 9.17) is 5.11 Å². The fourth-order valence-electron chi connectivity index (χ4n) is 1.96. The Morgan fingerprint density at radius 2 is 1.25 bits per heavy atom. The molecule has 0 unspecified atom stereocenters. The SMILES string of the molecule is CN(C)[P+](N(C)C)(N(C)C)C(F)(F)C(=O)O. The lowest BCUT2D eigenvalue weighted by molar-refractivity contribution is -0.155. The maximum absolute atomic E-state index is 13.9. The van der Waals surface area contributed by atoms with E-state index >= 15 is 0 Å². The average Bonchev–Trinajstić information content (AvgIpc) is 2.00. The first-order chi connectivity index (χ1) is 7.02. The molecule has 0 aliphatic heterocycles. The monoisotopic (exact) mass is 258 g/mol. The number of hydrogen-bond donors (Lipinski definition) is 1. The molecule has 0 aliphatic rings. The van der Waals surface area contributed by atoms with Crippen LogP contribution in [0.5, 0.6) is 0 Å². The highest BCUT2D eigenvalue weighted by Gasteiger charge is 2.74. The van der Waals surface area contributed by atoms with E-state index in [2.05, 4.69) is 0 Å². The maximum Gasteiger partial charge on any atom is 0.500 e. The summed E-state index contributed by atoms with van der Waals surface area (Å²) < 4.78 is 31.8. The highest BCUT2D eigenvalue weighted by atomic mass is 31.2. The van der Waals surface area contributed by atoms with Crippen molar-refractivity contribution in [3.63, 3.8) is 0 Å². The molecule has 1 N–H and O–H groups in total. The number of carboxylic acids is 1. The molecule has 0 spiro atoms. The number of carbonyl (C=O) groups is 1. The molecule has 16 heavy (non-hydrogen) atoms. The molecule has 0 saturated carbocycles. The zero-order valence-corrected chi connectivity index (χ0v) is 11.3. The number of alkyl halides is 2. The van der Waals surface area contributed by atoms with Gasteiger partial charge in [0, 0.05) is 42.3 Å². The number of carboxylic acid groups (broad SMARTS) is 1. The van der Waals surface area contributed by atoms with Crippen molar-refractivity contribution >= 4 is 13.7 Å². The van der Waals surface area contributed by atoms with Gasteiger partial charge in [0.15, 0.2) is 0 Å². The summed E-state index contributed by atoms with van der Waals surface area (Å²) >= 11 is 0. The lowest BCUT2D eigenvalue weighted by Gasteiger charge is -2.41. The van der Waals surface area contributed by atoms with Gasteiger partial charge in [-0.2, -0.15) is 8.78 Å². The molecule has 5 nitrogen and oxygen atoms in total. The summed E-state index contributed by atoms with van der Waals surface area (Å²) in [5, 5.41) is 8.72. The lowest BCUT2D eigenvalue weighted by atomic mass is 10.7. The molecular weight excluding hydrogens is 239 g/mol. The largest absolute Gasteiger partial charge is 0.500 e. The number of aliphatic carboxylic acids is 1.